The van der Waals surface area contributed by atoms with Gasteiger partial charge in [-0.15, -0.1) is 0 Å². The van der Waals surface area contributed by atoms with Gasteiger partial charge in [0.15, 0.2) is 5.60 Å². The predicted octanol–water partition coefficient (Wildman–Crippen LogP) is 2.94. The van der Waals surface area contributed by atoms with E-state index >= 15 is 0 Å². The highest BCUT2D eigenvalue weighted by atomic mass is 16.5. The molecule has 0 aromatic rings. The monoisotopic (exact) mass is 252 g/mol. The number of ether oxygens (including phenoxy) is 1. The Labute approximate surface area is 109 Å². The lowest BCUT2D eigenvalue weighted by atomic mass is 9.52. The van der Waals surface area contributed by atoms with E-state index in [0.29, 0.717) is 12.5 Å². The lowest BCUT2D eigenvalue weighted by molar-refractivity contribution is -0.168. The maximum Gasteiger partial charge on any atom is 0.335 e. The van der Waals surface area contributed by atoms with E-state index in [4.69, 9.17) is 9.84 Å². The highest BCUT2D eigenvalue weighted by Crippen LogP contribution is 2.56. The van der Waals surface area contributed by atoms with Crippen molar-refractivity contribution in [2.75, 3.05) is 6.61 Å². The number of carboxylic acid groups (broad SMARTS) is 1. The zero-order valence-corrected chi connectivity index (χ0v) is 11.4. The molecule has 3 nitrogen and oxygen atoms in total. The van der Waals surface area contributed by atoms with Crippen molar-refractivity contribution in [2.24, 2.45) is 29.6 Å². The molecule has 0 unspecified atom stereocenters. The fourth-order valence-electron chi connectivity index (χ4n) is 4.68. The highest BCUT2D eigenvalue weighted by Gasteiger charge is 2.48. The zero-order chi connectivity index (χ0) is 12.9. The number of aliphatic carboxylic acids is 1. The molecular weight excluding hydrogens is 228 g/mol. The fraction of sp³-hybridized carbons (Fsp3) is 0.933. The van der Waals surface area contributed by atoms with Crippen molar-refractivity contribution < 1.29 is 14.6 Å². The van der Waals surface area contributed by atoms with Crippen LogP contribution in [0, 0.1) is 29.6 Å². The number of carboxylic acids is 1. The molecule has 1 N–H and O–H groups in total. The molecule has 102 valence electrons. The van der Waals surface area contributed by atoms with Gasteiger partial charge in [-0.2, -0.15) is 0 Å². The van der Waals surface area contributed by atoms with Gasteiger partial charge in [-0.1, -0.05) is 0 Å². The second-order valence-electron chi connectivity index (χ2n) is 7.22. The van der Waals surface area contributed by atoms with Gasteiger partial charge >= 0.3 is 5.97 Å². The molecule has 4 aliphatic carbocycles. The van der Waals surface area contributed by atoms with Crippen molar-refractivity contribution in [3.8, 4) is 0 Å². The van der Waals surface area contributed by atoms with Gasteiger partial charge in [0.25, 0.3) is 0 Å². The smallest absolute Gasteiger partial charge is 0.335 e. The van der Waals surface area contributed by atoms with Crippen LogP contribution in [-0.4, -0.2) is 23.3 Å². The van der Waals surface area contributed by atoms with Gasteiger partial charge in [-0.25, -0.2) is 4.79 Å². The summed E-state index contributed by atoms with van der Waals surface area (Å²) in [7, 11) is 0. The Kier molecular flexibility index (Phi) is 2.92. The second kappa shape index (κ2) is 4.22. The minimum absolute atomic E-state index is 0.622. The normalized spacial score (nSPS) is 42.2. The average Bonchev–Trinajstić information content (AvgIpc) is 2.26. The molecule has 4 fully saturated rings. The van der Waals surface area contributed by atoms with E-state index in [0.717, 1.165) is 23.7 Å². The van der Waals surface area contributed by atoms with Crippen molar-refractivity contribution in [2.45, 2.75) is 51.6 Å². The summed E-state index contributed by atoms with van der Waals surface area (Å²) in [6.07, 6.45) is 6.94. The van der Waals surface area contributed by atoms with E-state index in [2.05, 4.69) is 0 Å². The van der Waals surface area contributed by atoms with Crippen molar-refractivity contribution in [1.82, 2.24) is 0 Å². The summed E-state index contributed by atoms with van der Waals surface area (Å²) in [4.78, 5) is 11.1. The molecule has 0 heterocycles. The molecule has 4 saturated carbocycles. The Bertz CT molecular complexity index is 320. The van der Waals surface area contributed by atoms with Crippen molar-refractivity contribution in [1.29, 1.82) is 0 Å². The second-order valence-corrected chi connectivity index (χ2v) is 7.22. The molecule has 0 spiro atoms. The minimum atomic E-state index is -1.03. The summed E-state index contributed by atoms with van der Waals surface area (Å²) in [6.45, 7) is 3.96. The number of carbonyl (C=O) groups is 1. The first-order chi connectivity index (χ1) is 8.45. The lowest BCUT2D eigenvalue weighted by Gasteiger charge is -2.54. The summed E-state index contributed by atoms with van der Waals surface area (Å²) >= 11 is 0. The average molecular weight is 252 g/mol. The molecule has 18 heavy (non-hydrogen) atoms. The van der Waals surface area contributed by atoms with Crippen LogP contribution in [0.5, 0.6) is 0 Å². The van der Waals surface area contributed by atoms with E-state index in [9.17, 15) is 4.79 Å². The van der Waals surface area contributed by atoms with Crippen LogP contribution < -0.4 is 0 Å². The first kappa shape index (κ1) is 12.5. The first-order valence-corrected chi connectivity index (χ1v) is 7.33. The van der Waals surface area contributed by atoms with E-state index in [1.807, 2.05) is 0 Å². The maximum atomic E-state index is 11.1. The van der Waals surface area contributed by atoms with Crippen LogP contribution in [-0.2, 0) is 9.53 Å². The Morgan fingerprint density at radius 3 is 2.06 bits per heavy atom. The number of hydrogen-bond donors (Lipinski definition) is 1. The summed E-state index contributed by atoms with van der Waals surface area (Å²) in [6, 6.07) is 0. The largest absolute Gasteiger partial charge is 0.479 e. The Hall–Kier alpha value is -0.570. The van der Waals surface area contributed by atoms with Crippen LogP contribution in [0.4, 0.5) is 0 Å². The summed E-state index contributed by atoms with van der Waals surface area (Å²) in [5.41, 5.74) is -1.03. The van der Waals surface area contributed by atoms with Crippen LogP contribution in [0.1, 0.15) is 46.0 Å². The summed E-state index contributed by atoms with van der Waals surface area (Å²) in [5.74, 6) is 3.33. The van der Waals surface area contributed by atoms with Gasteiger partial charge in [-0.3, -0.25) is 0 Å². The predicted molar refractivity (Wildman–Crippen MR) is 68.2 cm³/mol. The van der Waals surface area contributed by atoms with E-state index in [-0.39, 0.29) is 0 Å². The SMILES string of the molecule is CC(C)(OCC1C2CC3CC(C2)CC1C3)C(=O)O. The molecule has 0 aromatic heterocycles. The molecule has 0 amide bonds. The van der Waals surface area contributed by atoms with E-state index in [1.54, 1.807) is 13.8 Å². The van der Waals surface area contributed by atoms with Gasteiger partial charge in [0.2, 0.25) is 0 Å². The number of rotatable bonds is 4. The number of hydrogen-bond acceptors (Lipinski definition) is 2. The van der Waals surface area contributed by atoms with Crippen molar-refractivity contribution in [3.63, 3.8) is 0 Å². The lowest BCUT2D eigenvalue weighted by Crippen LogP contribution is -2.48. The molecular formula is C15H24O3. The van der Waals surface area contributed by atoms with Gasteiger partial charge in [0, 0.05) is 0 Å². The van der Waals surface area contributed by atoms with Crippen molar-refractivity contribution >= 4 is 5.97 Å². The van der Waals surface area contributed by atoms with Crippen LogP contribution in [0.3, 0.4) is 0 Å². The van der Waals surface area contributed by atoms with Gasteiger partial charge in [0.1, 0.15) is 0 Å². The molecule has 4 bridgehead atoms. The topological polar surface area (TPSA) is 46.5 Å². The summed E-state index contributed by atoms with van der Waals surface area (Å²) < 4.78 is 5.72. The minimum Gasteiger partial charge on any atom is -0.479 e. The Balaban J connectivity index is 1.62. The standard InChI is InChI=1S/C15H24O3/c1-15(2,14(16)17)18-8-13-11-4-9-3-10(6-11)7-12(13)5-9/h9-13H,3-8H2,1-2H3,(H,16,17). The quantitative estimate of drug-likeness (QED) is 0.836. The molecule has 4 aliphatic rings. The van der Waals surface area contributed by atoms with Crippen LogP contribution in [0.2, 0.25) is 0 Å². The Morgan fingerprint density at radius 2 is 1.61 bits per heavy atom. The fourth-order valence-corrected chi connectivity index (χ4v) is 4.68. The highest BCUT2D eigenvalue weighted by molar-refractivity contribution is 5.76. The summed E-state index contributed by atoms with van der Waals surface area (Å²) in [5, 5.41) is 9.10. The van der Waals surface area contributed by atoms with Crippen LogP contribution in [0.15, 0.2) is 0 Å². The third kappa shape index (κ3) is 2.07. The Morgan fingerprint density at radius 1 is 1.11 bits per heavy atom. The third-order valence-corrected chi connectivity index (χ3v) is 5.57. The molecule has 0 atom stereocenters. The molecule has 0 aliphatic heterocycles. The molecule has 3 heteroatoms. The van der Waals surface area contributed by atoms with Gasteiger partial charge < -0.3 is 9.84 Å². The first-order valence-electron chi connectivity index (χ1n) is 7.33. The van der Waals surface area contributed by atoms with Gasteiger partial charge in [-0.05, 0) is 75.5 Å². The maximum absolute atomic E-state index is 11.1. The van der Waals surface area contributed by atoms with E-state index in [1.165, 1.54) is 32.1 Å². The van der Waals surface area contributed by atoms with E-state index < -0.39 is 11.6 Å². The molecule has 0 radical (unpaired) electrons. The molecule has 0 aromatic carbocycles. The van der Waals surface area contributed by atoms with Crippen LogP contribution >= 0.6 is 0 Å². The van der Waals surface area contributed by atoms with Crippen LogP contribution in [0.25, 0.3) is 0 Å². The van der Waals surface area contributed by atoms with Crippen molar-refractivity contribution in [3.05, 3.63) is 0 Å². The molecule has 4 rings (SSSR count). The molecule has 0 saturated heterocycles. The van der Waals surface area contributed by atoms with Gasteiger partial charge in [0.05, 0.1) is 6.61 Å². The third-order valence-electron chi connectivity index (χ3n) is 5.57. The zero-order valence-electron chi connectivity index (χ0n) is 11.4.